The van der Waals surface area contributed by atoms with Crippen LogP contribution >= 0.6 is 0 Å². The summed E-state index contributed by atoms with van der Waals surface area (Å²) in [5.41, 5.74) is 8.87. The molecule has 0 amide bonds. The Labute approximate surface area is 246 Å². The fourth-order valence-corrected chi connectivity index (χ4v) is 4.14. The highest BCUT2D eigenvalue weighted by Gasteiger charge is 2.18. The van der Waals surface area contributed by atoms with Crippen molar-refractivity contribution in [2.24, 2.45) is 7.05 Å². The van der Waals surface area contributed by atoms with Crippen LogP contribution in [0.25, 0.3) is 22.8 Å². The minimum absolute atomic E-state index is 0.0774. The van der Waals surface area contributed by atoms with Gasteiger partial charge in [-0.2, -0.15) is 5.10 Å². The highest BCUT2D eigenvalue weighted by Crippen LogP contribution is 2.25. The number of Topliss-reactive ketones (excluding diaryl/α,β-unsaturated/α-hetero) is 1. The molecule has 0 aliphatic rings. The zero-order valence-corrected chi connectivity index (χ0v) is 25.7. The van der Waals surface area contributed by atoms with E-state index in [0.29, 0.717) is 23.4 Å². The van der Waals surface area contributed by atoms with E-state index >= 15 is 0 Å². The van der Waals surface area contributed by atoms with Crippen LogP contribution in [0.2, 0.25) is 0 Å². The summed E-state index contributed by atoms with van der Waals surface area (Å²) >= 11 is 0. The second-order valence-electron chi connectivity index (χ2n) is 9.43. The maximum atomic E-state index is 14.0. The Morgan fingerprint density at radius 1 is 1.05 bits per heavy atom. The fraction of sp³-hybridized carbons (Fsp3) is 0.250. The first-order valence-corrected chi connectivity index (χ1v) is 14.1. The molecule has 0 bridgehead atoms. The summed E-state index contributed by atoms with van der Waals surface area (Å²) in [7, 11) is 1.86. The van der Waals surface area contributed by atoms with Crippen molar-refractivity contribution < 1.29 is 4.79 Å². The Kier molecular flexibility index (Phi) is 13.2. The van der Waals surface area contributed by atoms with Gasteiger partial charge in [-0.05, 0) is 62.1 Å². The molecule has 0 saturated heterocycles. The molecule has 2 aromatic heterocycles. The summed E-state index contributed by atoms with van der Waals surface area (Å²) in [6, 6.07) is 12.2. The van der Waals surface area contributed by atoms with Gasteiger partial charge < -0.3 is 5.32 Å². The number of rotatable bonds is 12. The molecule has 2 heterocycles. The average molecular weight is 549 g/mol. The molecule has 0 radical (unpaired) electrons. The minimum Gasteiger partial charge on any atom is -0.384 e. The van der Waals surface area contributed by atoms with Crippen molar-refractivity contribution >= 4 is 17.4 Å². The second kappa shape index (κ2) is 16.6. The molecule has 0 saturated carbocycles. The van der Waals surface area contributed by atoms with Gasteiger partial charge in [-0.3, -0.25) is 14.5 Å². The number of aromatic nitrogens is 3. The van der Waals surface area contributed by atoms with E-state index in [9.17, 15) is 4.79 Å². The topological polar surface area (TPSA) is 59.8 Å². The standard InChI is InChI=1S/C34H38N4O.C2H6/c1-8-11-15-28(26(6)27-16-13-12-14-17-27)20-35-25(5)18-31(24(4)9-2)34(39)32-19-29(21-36-33(32)10-3)30-22-37-38(7)23-30;1-2/h8,10-19,21-23,35H,1,3,9,20H2,2,4-7H3;1-2H3/b15-11-,25-18+,28-26-,31-24+;. The van der Waals surface area contributed by atoms with E-state index in [1.807, 2.05) is 77.4 Å². The van der Waals surface area contributed by atoms with Crippen molar-refractivity contribution in [2.45, 2.75) is 48.0 Å². The number of hydrogen-bond acceptors (Lipinski definition) is 4. The maximum absolute atomic E-state index is 14.0. The largest absolute Gasteiger partial charge is 0.384 e. The number of pyridine rings is 1. The zero-order chi connectivity index (χ0) is 30.4. The van der Waals surface area contributed by atoms with Crippen molar-refractivity contribution in [1.29, 1.82) is 0 Å². The molecule has 5 heteroatoms. The fourth-order valence-electron chi connectivity index (χ4n) is 4.14. The molecular weight excluding hydrogens is 504 g/mol. The molecule has 0 spiro atoms. The number of hydrogen-bond donors (Lipinski definition) is 1. The van der Waals surface area contributed by atoms with Gasteiger partial charge in [0.1, 0.15) is 0 Å². The number of nitrogens with zero attached hydrogens (tertiary/aromatic N) is 3. The number of ketones is 1. The lowest BCUT2D eigenvalue weighted by atomic mass is 9.94. The second-order valence-corrected chi connectivity index (χ2v) is 9.43. The summed E-state index contributed by atoms with van der Waals surface area (Å²) in [6.07, 6.45) is 15.5. The first-order chi connectivity index (χ1) is 19.8. The lowest BCUT2D eigenvalue weighted by Crippen LogP contribution is -2.16. The van der Waals surface area contributed by atoms with Crippen LogP contribution in [0.15, 0.2) is 115 Å². The summed E-state index contributed by atoms with van der Waals surface area (Å²) < 4.78 is 1.73. The zero-order valence-electron chi connectivity index (χ0n) is 25.7. The normalized spacial score (nSPS) is 12.6. The van der Waals surface area contributed by atoms with Gasteiger partial charge in [0, 0.05) is 53.9 Å². The van der Waals surface area contributed by atoms with Crippen molar-refractivity contribution in [1.82, 2.24) is 20.1 Å². The Morgan fingerprint density at radius 3 is 2.34 bits per heavy atom. The summed E-state index contributed by atoms with van der Waals surface area (Å²) in [5, 5.41) is 7.76. The van der Waals surface area contributed by atoms with Crippen molar-refractivity contribution in [3.05, 3.63) is 132 Å². The molecule has 1 aromatic carbocycles. The predicted octanol–water partition coefficient (Wildman–Crippen LogP) is 8.77. The van der Waals surface area contributed by atoms with Gasteiger partial charge in [-0.1, -0.05) is 88.1 Å². The van der Waals surface area contributed by atoms with Crippen LogP contribution < -0.4 is 5.32 Å². The van der Waals surface area contributed by atoms with E-state index in [4.69, 9.17) is 0 Å². The van der Waals surface area contributed by atoms with Gasteiger partial charge in [0.25, 0.3) is 0 Å². The highest BCUT2D eigenvalue weighted by atomic mass is 16.1. The molecule has 1 N–H and O–H groups in total. The number of carbonyl (C=O) groups excluding carboxylic acids is 1. The van der Waals surface area contributed by atoms with Crippen LogP contribution in [0, 0.1) is 0 Å². The quantitative estimate of drug-likeness (QED) is 0.140. The van der Waals surface area contributed by atoms with Crippen LogP contribution in [0.3, 0.4) is 0 Å². The monoisotopic (exact) mass is 548 g/mol. The molecule has 0 unspecified atom stereocenters. The highest BCUT2D eigenvalue weighted by molar-refractivity contribution is 6.13. The Balaban J connectivity index is 0.00000287. The first kappa shape index (κ1) is 32.7. The third-order valence-corrected chi connectivity index (χ3v) is 6.67. The van der Waals surface area contributed by atoms with E-state index in [0.717, 1.165) is 34.4 Å². The van der Waals surface area contributed by atoms with E-state index in [1.54, 1.807) is 29.2 Å². The third kappa shape index (κ3) is 9.00. The van der Waals surface area contributed by atoms with Crippen LogP contribution in [-0.2, 0) is 7.05 Å². The first-order valence-electron chi connectivity index (χ1n) is 14.1. The summed E-state index contributed by atoms with van der Waals surface area (Å²) in [5.74, 6) is -0.0774. The van der Waals surface area contributed by atoms with Gasteiger partial charge in [0.2, 0.25) is 0 Å². The SMILES string of the molecule is C=C/C=C\C(CN/C(C)=C/C(C(=O)c1cc(-c2cnn(C)c2)cnc1C=C)=C(/C)CC)=C(/C)c1ccccc1.CC. The third-order valence-electron chi connectivity index (χ3n) is 6.67. The number of aryl methyl sites for hydroxylation is 1. The average Bonchev–Trinajstić information content (AvgIpc) is 3.46. The molecule has 0 atom stereocenters. The lowest BCUT2D eigenvalue weighted by Gasteiger charge is -2.14. The van der Waals surface area contributed by atoms with E-state index in [2.05, 4.69) is 60.6 Å². The van der Waals surface area contributed by atoms with Gasteiger partial charge in [-0.15, -0.1) is 0 Å². The van der Waals surface area contributed by atoms with Crippen LogP contribution in [0.5, 0.6) is 0 Å². The van der Waals surface area contributed by atoms with Crippen molar-refractivity contribution in [3.63, 3.8) is 0 Å². The number of allylic oxidation sites excluding steroid dienone is 7. The van der Waals surface area contributed by atoms with Gasteiger partial charge >= 0.3 is 0 Å². The van der Waals surface area contributed by atoms with Gasteiger partial charge in [-0.25, -0.2) is 0 Å². The van der Waals surface area contributed by atoms with Crippen LogP contribution in [0.4, 0.5) is 0 Å². The minimum atomic E-state index is -0.0774. The van der Waals surface area contributed by atoms with Crippen LogP contribution in [-0.4, -0.2) is 27.1 Å². The number of benzene rings is 1. The van der Waals surface area contributed by atoms with Crippen LogP contribution in [0.1, 0.15) is 69.6 Å². The van der Waals surface area contributed by atoms with E-state index < -0.39 is 0 Å². The summed E-state index contributed by atoms with van der Waals surface area (Å²) in [4.78, 5) is 18.5. The smallest absolute Gasteiger partial charge is 0.195 e. The van der Waals surface area contributed by atoms with E-state index in [-0.39, 0.29) is 5.78 Å². The van der Waals surface area contributed by atoms with Crippen molar-refractivity contribution in [2.75, 3.05) is 6.54 Å². The molecule has 214 valence electrons. The molecule has 0 fully saturated rings. The molecule has 3 rings (SSSR count). The van der Waals surface area contributed by atoms with Gasteiger partial charge in [0.05, 0.1) is 11.9 Å². The predicted molar refractivity (Wildman–Crippen MR) is 175 cm³/mol. The Hall–Kier alpha value is -4.51. The lowest BCUT2D eigenvalue weighted by molar-refractivity contribution is 0.103. The van der Waals surface area contributed by atoms with E-state index in [1.165, 1.54) is 11.1 Å². The Bertz CT molecular complexity index is 1470. The molecular formula is C36H44N4O. The van der Waals surface area contributed by atoms with Crippen molar-refractivity contribution in [3.8, 4) is 11.1 Å². The number of nitrogens with one attached hydrogen (secondary N) is 1. The molecule has 41 heavy (non-hydrogen) atoms. The molecule has 0 aliphatic heterocycles. The number of carbonyl (C=O) groups is 1. The molecule has 5 nitrogen and oxygen atoms in total. The molecule has 0 aliphatic carbocycles. The summed E-state index contributed by atoms with van der Waals surface area (Å²) in [6.45, 7) is 20.5. The van der Waals surface area contributed by atoms with Gasteiger partial charge in [0.15, 0.2) is 5.78 Å². The molecule has 3 aromatic rings. The Morgan fingerprint density at radius 2 is 1.76 bits per heavy atom. The maximum Gasteiger partial charge on any atom is 0.195 e.